The third-order valence-corrected chi connectivity index (χ3v) is 6.07. The summed E-state index contributed by atoms with van der Waals surface area (Å²) >= 11 is 0. The van der Waals surface area contributed by atoms with Gasteiger partial charge in [-0.15, -0.1) is 0 Å². The van der Waals surface area contributed by atoms with Crippen molar-refractivity contribution in [1.82, 2.24) is 0 Å². The summed E-state index contributed by atoms with van der Waals surface area (Å²) in [5.74, 6) is 2.01. The topological polar surface area (TPSA) is 0 Å². The fourth-order valence-electron chi connectivity index (χ4n) is 4.27. The maximum Gasteiger partial charge on any atom is -0.0389 e. The fraction of sp³-hybridized carbons (Fsp3) is 1.00. The molecule has 0 saturated carbocycles. The van der Waals surface area contributed by atoms with Crippen LogP contribution in [-0.2, 0) is 0 Å². The molecule has 0 aromatic heterocycles. The van der Waals surface area contributed by atoms with Crippen molar-refractivity contribution < 1.29 is 0 Å². The molecule has 0 amide bonds. The molecule has 0 radical (unpaired) electrons. The quantitative estimate of drug-likeness (QED) is 0.206. The first kappa shape index (κ1) is 24.0. The second kappa shape index (κ2) is 19.3. The normalized spacial score (nSPS) is 14.0. The Kier molecular flexibility index (Phi) is 19.3. The Morgan fingerprint density at radius 1 is 0.375 bits per heavy atom. The van der Waals surface area contributed by atoms with Gasteiger partial charge < -0.3 is 0 Å². The van der Waals surface area contributed by atoms with Gasteiger partial charge in [-0.05, 0) is 11.8 Å². The van der Waals surface area contributed by atoms with Gasteiger partial charge in [-0.25, -0.2) is 0 Å². The van der Waals surface area contributed by atoms with E-state index < -0.39 is 0 Å². The third-order valence-electron chi connectivity index (χ3n) is 6.07. The van der Waals surface area contributed by atoms with E-state index in [9.17, 15) is 0 Å². The van der Waals surface area contributed by atoms with Gasteiger partial charge in [-0.1, -0.05) is 143 Å². The molecule has 146 valence electrons. The summed E-state index contributed by atoms with van der Waals surface area (Å²) in [5, 5.41) is 0. The summed E-state index contributed by atoms with van der Waals surface area (Å²) in [5.41, 5.74) is 0. The Balaban J connectivity index is 3.71. The standard InChI is InChI=1S/C24H50/c1-5-9-11-13-15-17-19-21-23(7-3)24(8-4)22-20-18-16-14-12-10-6-2/h23-24H,5-22H2,1-4H3. The molecule has 2 unspecified atom stereocenters. The highest BCUT2D eigenvalue weighted by Gasteiger charge is 2.17. The monoisotopic (exact) mass is 338 g/mol. The van der Waals surface area contributed by atoms with Gasteiger partial charge >= 0.3 is 0 Å². The van der Waals surface area contributed by atoms with Gasteiger partial charge in [-0.3, -0.25) is 0 Å². The smallest absolute Gasteiger partial charge is 0.0389 e. The average Bonchev–Trinajstić information content (AvgIpc) is 2.61. The Bertz CT molecular complexity index is 196. The summed E-state index contributed by atoms with van der Waals surface area (Å²) in [6.07, 6.45) is 26.2. The molecule has 0 bridgehead atoms. The van der Waals surface area contributed by atoms with E-state index >= 15 is 0 Å². The molecular formula is C24H50. The van der Waals surface area contributed by atoms with Crippen LogP contribution in [0.2, 0.25) is 0 Å². The summed E-state index contributed by atoms with van der Waals surface area (Å²) in [4.78, 5) is 0. The van der Waals surface area contributed by atoms with Crippen molar-refractivity contribution in [3.63, 3.8) is 0 Å². The predicted octanol–water partition coefficient (Wildman–Crippen LogP) is 9.32. The number of hydrogen-bond acceptors (Lipinski definition) is 0. The molecule has 0 heteroatoms. The Morgan fingerprint density at radius 2 is 0.667 bits per heavy atom. The van der Waals surface area contributed by atoms with Crippen LogP contribution in [0.4, 0.5) is 0 Å². The second-order valence-electron chi connectivity index (χ2n) is 8.16. The van der Waals surface area contributed by atoms with Gasteiger partial charge in [0.05, 0.1) is 0 Å². The van der Waals surface area contributed by atoms with Crippen molar-refractivity contribution in [3.8, 4) is 0 Å². The maximum absolute atomic E-state index is 2.43. The van der Waals surface area contributed by atoms with Gasteiger partial charge in [0.15, 0.2) is 0 Å². The molecular weight excluding hydrogens is 288 g/mol. The summed E-state index contributed by atoms with van der Waals surface area (Å²) in [6.45, 7) is 9.47. The molecule has 0 aliphatic heterocycles. The summed E-state index contributed by atoms with van der Waals surface area (Å²) in [6, 6.07) is 0. The molecule has 0 fully saturated rings. The first-order chi connectivity index (χ1) is 11.8. The Morgan fingerprint density at radius 3 is 0.958 bits per heavy atom. The highest BCUT2D eigenvalue weighted by Crippen LogP contribution is 2.30. The molecule has 2 atom stereocenters. The molecule has 0 aromatic rings. The van der Waals surface area contributed by atoms with E-state index in [-0.39, 0.29) is 0 Å². The fourth-order valence-corrected chi connectivity index (χ4v) is 4.27. The zero-order valence-electron chi connectivity index (χ0n) is 17.9. The molecule has 0 aliphatic rings. The predicted molar refractivity (Wildman–Crippen MR) is 113 cm³/mol. The van der Waals surface area contributed by atoms with Crippen molar-refractivity contribution in [1.29, 1.82) is 0 Å². The minimum absolute atomic E-state index is 1.01. The molecule has 0 nitrogen and oxygen atoms in total. The van der Waals surface area contributed by atoms with Crippen molar-refractivity contribution in [2.45, 2.75) is 143 Å². The van der Waals surface area contributed by atoms with Crippen molar-refractivity contribution in [2.24, 2.45) is 11.8 Å². The molecule has 24 heavy (non-hydrogen) atoms. The van der Waals surface area contributed by atoms with Crippen LogP contribution < -0.4 is 0 Å². The van der Waals surface area contributed by atoms with Crippen LogP contribution in [0.25, 0.3) is 0 Å². The van der Waals surface area contributed by atoms with E-state index in [4.69, 9.17) is 0 Å². The van der Waals surface area contributed by atoms with Gasteiger partial charge in [0.2, 0.25) is 0 Å². The molecule has 0 aromatic carbocycles. The lowest BCUT2D eigenvalue weighted by molar-refractivity contribution is 0.263. The minimum Gasteiger partial charge on any atom is -0.0654 e. The van der Waals surface area contributed by atoms with Crippen LogP contribution in [0.3, 0.4) is 0 Å². The van der Waals surface area contributed by atoms with E-state index in [2.05, 4.69) is 27.7 Å². The zero-order chi connectivity index (χ0) is 17.9. The molecule has 0 saturated heterocycles. The van der Waals surface area contributed by atoms with Gasteiger partial charge in [0.25, 0.3) is 0 Å². The molecule has 0 heterocycles. The zero-order valence-corrected chi connectivity index (χ0v) is 17.9. The number of hydrogen-bond donors (Lipinski definition) is 0. The third kappa shape index (κ3) is 14.4. The SMILES string of the molecule is CCCCCCCCCC(CC)C(CC)CCCCCCCCC. The maximum atomic E-state index is 2.43. The average molecular weight is 339 g/mol. The van der Waals surface area contributed by atoms with E-state index in [1.54, 1.807) is 0 Å². The number of rotatable bonds is 19. The van der Waals surface area contributed by atoms with Crippen molar-refractivity contribution >= 4 is 0 Å². The largest absolute Gasteiger partial charge is 0.0654 e. The van der Waals surface area contributed by atoms with Gasteiger partial charge in [0, 0.05) is 0 Å². The van der Waals surface area contributed by atoms with Crippen LogP contribution in [0.1, 0.15) is 143 Å². The highest BCUT2D eigenvalue weighted by atomic mass is 14.2. The Hall–Kier alpha value is 0. The first-order valence-electron chi connectivity index (χ1n) is 11.8. The highest BCUT2D eigenvalue weighted by molar-refractivity contribution is 4.69. The molecule has 0 N–H and O–H groups in total. The summed E-state index contributed by atoms with van der Waals surface area (Å²) < 4.78 is 0. The van der Waals surface area contributed by atoms with Gasteiger partial charge in [0.1, 0.15) is 0 Å². The lowest BCUT2D eigenvalue weighted by Crippen LogP contribution is -2.13. The number of unbranched alkanes of at least 4 members (excludes halogenated alkanes) is 12. The van der Waals surface area contributed by atoms with Crippen LogP contribution in [0, 0.1) is 11.8 Å². The second-order valence-corrected chi connectivity index (χ2v) is 8.16. The van der Waals surface area contributed by atoms with Crippen LogP contribution >= 0.6 is 0 Å². The first-order valence-corrected chi connectivity index (χ1v) is 11.8. The summed E-state index contributed by atoms with van der Waals surface area (Å²) in [7, 11) is 0. The van der Waals surface area contributed by atoms with Crippen LogP contribution in [0.5, 0.6) is 0 Å². The van der Waals surface area contributed by atoms with Crippen LogP contribution in [0.15, 0.2) is 0 Å². The van der Waals surface area contributed by atoms with E-state index in [1.807, 2.05) is 0 Å². The van der Waals surface area contributed by atoms with E-state index in [1.165, 1.54) is 116 Å². The Labute approximate surface area is 155 Å². The van der Waals surface area contributed by atoms with Crippen molar-refractivity contribution in [2.75, 3.05) is 0 Å². The molecule has 0 aliphatic carbocycles. The van der Waals surface area contributed by atoms with Crippen molar-refractivity contribution in [3.05, 3.63) is 0 Å². The van der Waals surface area contributed by atoms with Gasteiger partial charge in [-0.2, -0.15) is 0 Å². The van der Waals surface area contributed by atoms with E-state index in [0.717, 1.165) is 11.8 Å². The lowest BCUT2D eigenvalue weighted by Gasteiger charge is -2.25. The lowest BCUT2D eigenvalue weighted by atomic mass is 9.81. The molecule has 0 spiro atoms. The molecule has 0 rings (SSSR count). The van der Waals surface area contributed by atoms with Crippen LogP contribution in [-0.4, -0.2) is 0 Å². The minimum atomic E-state index is 1.01. The van der Waals surface area contributed by atoms with E-state index in [0.29, 0.717) is 0 Å².